The monoisotopic (exact) mass is 358 g/mol. The fraction of sp³-hybridized carbons (Fsp3) is 0.118. The zero-order chi connectivity index (χ0) is 13.5. The Labute approximate surface area is 138 Å². The molecule has 0 saturated carbocycles. The van der Waals surface area contributed by atoms with Gasteiger partial charge >= 0.3 is 4.96 Å². The first-order valence-electron chi connectivity index (χ1n) is 6.75. The van der Waals surface area contributed by atoms with Crippen LogP contribution >= 0.6 is 11.3 Å². The third-order valence-corrected chi connectivity index (χ3v) is 4.78. The van der Waals surface area contributed by atoms with Crippen molar-refractivity contribution in [3.05, 3.63) is 71.2 Å². The summed E-state index contributed by atoms with van der Waals surface area (Å²) in [7, 11) is 0. The van der Waals surface area contributed by atoms with Gasteiger partial charge in [-0.15, -0.1) is 0 Å². The molecule has 0 spiro atoms. The number of nitrogens with zero attached hydrogens (tertiary/aromatic N) is 2. The van der Waals surface area contributed by atoms with E-state index >= 15 is 0 Å². The van der Waals surface area contributed by atoms with Crippen LogP contribution in [0.1, 0.15) is 11.3 Å². The summed E-state index contributed by atoms with van der Waals surface area (Å²) in [5.74, 6) is 0. The standard InChI is InChI=1S/C17H15N2S.BrH/c1-13-12-20-17-18(11-14-7-3-2-4-8-14)15-9-5-6-10-16(15)19(13)17;/h2-10,12H,11H2,1H3;1H/q+1;/p-1. The van der Waals surface area contributed by atoms with Crippen LogP contribution in [0.15, 0.2) is 60.0 Å². The maximum absolute atomic E-state index is 2.41. The molecule has 21 heavy (non-hydrogen) atoms. The van der Waals surface area contributed by atoms with E-state index < -0.39 is 0 Å². The smallest absolute Gasteiger partial charge is 0.347 e. The summed E-state index contributed by atoms with van der Waals surface area (Å²) in [4.78, 5) is 1.30. The van der Waals surface area contributed by atoms with Gasteiger partial charge in [0, 0.05) is 5.38 Å². The molecule has 2 heterocycles. The van der Waals surface area contributed by atoms with Gasteiger partial charge in [0.05, 0.1) is 0 Å². The average Bonchev–Trinajstić information content (AvgIpc) is 3.01. The van der Waals surface area contributed by atoms with Gasteiger partial charge in [0.1, 0.15) is 12.2 Å². The Morgan fingerprint density at radius 3 is 2.52 bits per heavy atom. The first-order chi connectivity index (χ1) is 9.84. The fourth-order valence-corrected chi connectivity index (χ4v) is 3.79. The number of fused-ring (bicyclic) bond motifs is 3. The van der Waals surface area contributed by atoms with Gasteiger partial charge in [-0.1, -0.05) is 53.8 Å². The van der Waals surface area contributed by atoms with Crippen LogP contribution in [0, 0.1) is 6.92 Å². The second-order valence-electron chi connectivity index (χ2n) is 5.06. The summed E-state index contributed by atoms with van der Waals surface area (Å²) >= 11 is 1.81. The van der Waals surface area contributed by atoms with Gasteiger partial charge in [-0.25, -0.2) is 4.57 Å². The molecule has 4 rings (SSSR count). The van der Waals surface area contributed by atoms with E-state index in [1.165, 1.54) is 27.3 Å². The number of hydrogen-bond acceptors (Lipinski definition) is 1. The Morgan fingerprint density at radius 1 is 1.00 bits per heavy atom. The third kappa shape index (κ3) is 2.28. The number of imidazole rings is 1. The first kappa shape index (κ1) is 14.3. The quantitative estimate of drug-likeness (QED) is 0.468. The summed E-state index contributed by atoms with van der Waals surface area (Å²) < 4.78 is 4.76. The van der Waals surface area contributed by atoms with E-state index in [9.17, 15) is 0 Å². The van der Waals surface area contributed by atoms with Crippen LogP contribution in [0.2, 0.25) is 0 Å². The number of rotatable bonds is 2. The number of para-hydroxylation sites is 2. The molecule has 4 heteroatoms. The average molecular weight is 359 g/mol. The van der Waals surface area contributed by atoms with Gasteiger partial charge in [0.25, 0.3) is 0 Å². The van der Waals surface area contributed by atoms with Crippen molar-refractivity contribution in [1.29, 1.82) is 0 Å². The Morgan fingerprint density at radius 2 is 1.71 bits per heavy atom. The van der Waals surface area contributed by atoms with Gasteiger partial charge in [0.2, 0.25) is 0 Å². The normalized spacial score (nSPS) is 10.9. The van der Waals surface area contributed by atoms with E-state index in [0.717, 1.165) is 6.54 Å². The van der Waals surface area contributed by atoms with Gasteiger partial charge in [-0.2, -0.15) is 4.40 Å². The molecule has 0 unspecified atom stereocenters. The summed E-state index contributed by atoms with van der Waals surface area (Å²) in [5.41, 5.74) is 5.22. The number of benzene rings is 2. The molecule has 2 aromatic carbocycles. The highest BCUT2D eigenvalue weighted by atomic mass is 79.9. The van der Waals surface area contributed by atoms with E-state index in [2.05, 4.69) is 75.9 Å². The molecule has 0 N–H and O–H groups in total. The molecule has 0 aliphatic carbocycles. The molecule has 2 aromatic heterocycles. The van der Waals surface area contributed by atoms with Gasteiger partial charge in [-0.05, 0) is 24.6 Å². The van der Waals surface area contributed by atoms with Crippen LogP contribution in [0.25, 0.3) is 16.0 Å². The fourth-order valence-electron chi connectivity index (χ4n) is 2.77. The highest BCUT2D eigenvalue weighted by Crippen LogP contribution is 2.22. The van der Waals surface area contributed by atoms with Crippen LogP contribution < -0.4 is 21.5 Å². The van der Waals surface area contributed by atoms with Gasteiger partial charge < -0.3 is 17.0 Å². The lowest BCUT2D eigenvalue weighted by molar-refractivity contribution is -0.634. The number of halogens is 1. The minimum Gasteiger partial charge on any atom is -1.00 e. The van der Waals surface area contributed by atoms with E-state index in [0.29, 0.717) is 0 Å². The van der Waals surface area contributed by atoms with Crippen molar-refractivity contribution in [2.24, 2.45) is 0 Å². The Kier molecular flexibility index (Phi) is 3.83. The molecule has 0 aliphatic rings. The van der Waals surface area contributed by atoms with Crippen molar-refractivity contribution < 1.29 is 21.5 Å². The van der Waals surface area contributed by atoms with E-state index in [-0.39, 0.29) is 17.0 Å². The molecular weight excluding hydrogens is 344 g/mol. The first-order valence-corrected chi connectivity index (χ1v) is 7.63. The van der Waals surface area contributed by atoms with Crippen LogP contribution in [-0.4, -0.2) is 4.40 Å². The van der Waals surface area contributed by atoms with Gasteiger partial charge in [-0.3, -0.25) is 0 Å². The number of aromatic nitrogens is 2. The molecule has 0 saturated heterocycles. The lowest BCUT2D eigenvalue weighted by Gasteiger charge is -1.98. The molecule has 0 aliphatic heterocycles. The summed E-state index contributed by atoms with van der Waals surface area (Å²) in [6.45, 7) is 3.08. The van der Waals surface area contributed by atoms with Crippen LogP contribution in [-0.2, 0) is 6.54 Å². The predicted octanol–water partition coefficient (Wildman–Crippen LogP) is 0.802. The van der Waals surface area contributed by atoms with E-state index in [4.69, 9.17) is 0 Å². The molecule has 106 valence electrons. The Bertz CT molecular complexity index is 893. The number of hydrogen-bond donors (Lipinski definition) is 0. The molecule has 2 nitrogen and oxygen atoms in total. The molecule has 4 aromatic rings. The van der Waals surface area contributed by atoms with Crippen molar-refractivity contribution in [3.8, 4) is 0 Å². The number of thiazole rings is 1. The lowest BCUT2D eigenvalue weighted by atomic mass is 10.2. The zero-order valence-electron chi connectivity index (χ0n) is 11.7. The summed E-state index contributed by atoms with van der Waals surface area (Å²) in [6.07, 6.45) is 0. The van der Waals surface area contributed by atoms with E-state index in [1.54, 1.807) is 0 Å². The van der Waals surface area contributed by atoms with Crippen molar-refractivity contribution >= 4 is 27.3 Å². The molecule has 0 fully saturated rings. The van der Waals surface area contributed by atoms with E-state index in [1.807, 2.05) is 11.3 Å². The van der Waals surface area contributed by atoms with Crippen molar-refractivity contribution in [3.63, 3.8) is 0 Å². The number of aryl methyl sites for hydroxylation is 1. The maximum Gasteiger partial charge on any atom is 0.347 e. The maximum atomic E-state index is 2.41. The second-order valence-corrected chi connectivity index (χ2v) is 5.89. The van der Waals surface area contributed by atoms with Crippen LogP contribution in [0.5, 0.6) is 0 Å². The molecule has 0 atom stereocenters. The highest BCUT2D eigenvalue weighted by Gasteiger charge is 2.21. The van der Waals surface area contributed by atoms with Crippen molar-refractivity contribution in [1.82, 2.24) is 4.40 Å². The summed E-state index contributed by atoms with van der Waals surface area (Å²) in [6, 6.07) is 19.3. The Hall–Kier alpha value is -1.65. The SMILES string of the molecule is Cc1csc2n1c1ccccc1[n+]2Cc1ccccc1.[Br-]. The minimum atomic E-state index is 0. The molecular formula is C17H15BrN2S. The Balaban J connectivity index is 0.00000132. The minimum absolute atomic E-state index is 0. The summed E-state index contributed by atoms with van der Waals surface area (Å²) in [5, 5.41) is 2.23. The van der Waals surface area contributed by atoms with Gasteiger partial charge in [0.15, 0.2) is 11.0 Å². The third-order valence-electron chi connectivity index (χ3n) is 3.71. The van der Waals surface area contributed by atoms with Crippen molar-refractivity contribution in [2.45, 2.75) is 13.5 Å². The highest BCUT2D eigenvalue weighted by molar-refractivity contribution is 7.14. The topological polar surface area (TPSA) is 8.29 Å². The lowest BCUT2D eigenvalue weighted by Crippen LogP contribution is -3.00. The predicted molar refractivity (Wildman–Crippen MR) is 83.3 cm³/mol. The molecule has 0 amide bonds. The largest absolute Gasteiger partial charge is 1.00 e. The van der Waals surface area contributed by atoms with Crippen LogP contribution in [0.3, 0.4) is 0 Å². The van der Waals surface area contributed by atoms with Crippen LogP contribution in [0.4, 0.5) is 0 Å². The molecule has 0 bridgehead atoms. The zero-order valence-corrected chi connectivity index (χ0v) is 14.1. The molecule has 0 radical (unpaired) electrons. The van der Waals surface area contributed by atoms with Crippen molar-refractivity contribution in [2.75, 3.05) is 0 Å². The second kappa shape index (κ2) is 5.62.